The lowest BCUT2D eigenvalue weighted by molar-refractivity contribution is -0.121. The molecule has 1 rings (SSSR count). The maximum atomic E-state index is 11.8. The van der Waals surface area contributed by atoms with E-state index in [1.165, 1.54) is 0 Å². The van der Waals surface area contributed by atoms with E-state index in [4.69, 9.17) is 9.47 Å². The number of amides is 1. The summed E-state index contributed by atoms with van der Waals surface area (Å²) in [4.78, 5) is 11.8. The number of nitrogens with one attached hydrogen (secondary N) is 2. The molecule has 0 heterocycles. The van der Waals surface area contributed by atoms with Crippen molar-refractivity contribution in [3.8, 4) is 11.5 Å². The molecule has 1 amide bonds. The van der Waals surface area contributed by atoms with Crippen molar-refractivity contribution >= 4 is 5.91 Å². The van der Waals surface area contributed by atoms with E-state index >= 15 is 0 Å². The number of benzene rings is 1. The highest BCUT2D eigenvalue weighted by molar-refractivity contribution is 5.76. The Bertz CT molecular complexity index is 413. The van der Waals surface area contributed by atoms with Crippen LogP contribution in [0.15, 0.2) is 18.2 Å². The van der Waals surface area contributed by atoms with Gasteiger partial charge in [0.15, 0.2) is 0 Å². The molecule has 0 saturated heterocycles. The van der Waals surface area contributed by atoms with E-state index < -0.39 is 0 Å². The van der Waals surface area contributed by atoms with Crippen molar-refractivity contribution in [3.63, 3.8) is 0 Å². The minimum absolute atomic E-state index is 0.0649. The normalized spacial score (nSPS) is 10.2. The van der Waals surface area contributed by atoms with Crippen molar-refractivity contribution in [3.05, 3.63) is 23.8 Å². The molecule has 0 unspecified atom stereocenters. The summed E-state index contributed by atoms with van der Waals surface area (Å²) in [6, 6.07) is 5.68. The van der Waals surface area contributed by atoms with Crippen LogP contribution in [0.2, 0.25) is 0 Å². The Morgan fingerprint density at radius 3 is 2.29 bits per heavy atom. The minimum atomic E-state index is 0.0649. The van der Waals surface area contributed by atoms with Gasteiger partial charge in [-0.1, -0.05) is 6.92 Å². The summed E-state index contributed by atoms with van der Waals surface area (Å²) < 4.78 is 10.4. The second-order valence-electron chi connectivity index (χ2n) is 4.82. The van der Waals surface area contributed by atoms with E-state index in [1.807, 2.05) is 18.2 Å². The molecule has 1 aromatic carbocycles. The summed E-state index contributed by atoms with van der Waals surface area (Å²) >= 11 is 0. The minimum Gasteiger partial charge on any atom is -0.497 e. The van der Waals surface area contributed by atoms with Crippen LogP contribution in [0, 0.1) is 0 Å². The third-order valence-electron chi connectivity index (χ3n) is 3.10. The van der Waals surface area contributed by atoms with Gasteiger partial charge in [0, 0.05) is 25.6 Å². The zero-order valence-corrected chi connectivity index (χ0v) is 13.2. The fourth-order valence-electron chi connectivity index (χ4n) is 1.95. The SMILES string of the molecule is CCCNCCNC(=O)CCc1cc(OC)cc(OC)c1. The van der Waals surface area contributed by atoms with Crippen LogP contribution in [0.3, 0.4) is 0 Å². The van der Waals surface area contributed by atoms with E-state index in [-0.39, 0.29) is 5.91 Å². The molecular formula is C16H26N2O3. The van der Waals surface area contributed by atoms with Crippen LogP contribution >= 0.6 is 0 Å². The molecule has 5 heteroatoms. The summed E-state index contributed by atoms with van der Waals surface area (Å²) in [5.41, 5.74) is 1.03. The molecule has 0 aromatic heterocycles. The van der Waals surface area contributed by atoms with Gasteiger partial charge in [0.05, 0.1) is 14.2 Å². The molecule has 0 atom stereocenters. The molecule has 1 aromatic rings. The van der Waals surface area contributed by atoms with Crippen LogP contribution < -0.4 is 20.1 Å². The molecule has 5 nitrogen and oxygen atoms in total. The molecule has 118 valence electrons. The van der Waals surface area contributed by atoms with Gasteiger partial charge in [-0.2, -0.15) is 0 Å². The molecule has 0 fully saturated rings. The summed E-state index contributed by atoms with van der Waals surface area (Å²) in [6.07, 6.45) is 2.23. The van der Waals surface area contributed by atoms with Crippen LogP contribution in [0.4, 0.5) is 0 Å². The largest absolute Gasteiger partial charge is 0.497 e. The van der Waals surface area contributed by atoms with Gasteiger partial charge in [-0.3, -0.25) is 4.79 Å². The predicted molar refractivity (Wildman–Crippen MR) is 84.0 cm³/mol. The average molecular weight is 294 g/mol. The van der Waals surface area contributed by atoms with Crippen LogP contribution in [0.1, 0.15) is 25.3 Å². The number of aryl methyl sites for hydroxylation is 1. The van der Waals surface area contributed by atoms with Crippen LogP contribution in [0.5, 0.6) is 11.5 Å². The van der Waals surface area contributed by atoms with Gasteiger partial charge >= 0.3 is 0 Å². The van der Waals surface area contributed by atoms with Crippen molar-refractivity contribution < 1.29 is 14.3 Å². The van der Waals surface area contributed by atoms with Gasteiger partial charge in [-0.05, 0) is 37.1 Å². The smallest absolute Gasteiger partial charge is 0.220 e. The van der Waals surface area contributed by atoms with E-state index in [0.29, 0.717) is 19.4 Å². The van der Waals surface area contributed by atoms with Crippen molar-refractivity contribution in [2.45, 2.75) is 26.2 Å². The Labute approximate surface area is 127 Å². The molecule has 0 radical (unpaired) electrons. The van der Waals surface area contributed by atoms with Gasteiger partial charge in [-0.25, -0.2) is 0 Å². The Balaban J connectivity index is 2.35. The molecule has 21 heavy (non-hydrogen) atoms. The number of hydrogen-bond acceptors (Lipinski definition) is 4. The van der Waals surface area contributed by atoms with Crippen molar-refractivity contribution in [2.75, 3.05) is 33.9 Å². The highest BCUT2D eigenvalue weighted by atomic mass is 16.5. The summed E-state index contributed by atoms with van der Waals surface area (Å²) in [5.74, 6) is 1.55. The average Bonchev–Trinajstić information content (AvgIpc) is 2.52. The predicted octanol–water partition coefficient (Wildman–Crippen LogP) is 1.75. The standard InChI is InChI=1S/C16H26N2O3/c1-4-7-17-8-9-18-16(19)6-5-13-10-14(20-2)12-15(11-13)21-3/h10-12,17H,4-9H2,1-3H3,(H,18,19). The van der Waals surface area contributed by atoms with Gasteiger partial charge in [0.2, 0.25) is 5.91 Å². The molecule has 2 N–H and O–H groups in total. The highest BCUT2D eigenvalue weighted by Crippen LogP contribution is 2.23. The van der Waals surface area contributed by atoms with Crippen molar-refractivity contribution in [2.24, 2.45) is 0 Å². The quantitative estimate of drug-likeness (QED) is 0.646. The molecule has 0 bridgehead atoms. The molecule has 0 saturated carbocycles. The number of hydrogen-bond donors (Lipinski definition) is 2. The number of carbonyl (C=O) groups is 1. The monoisotopic (exact) mass is 294 g/mol. The molecule has 0 aliphatic rings. The van der Waals surface area contributed by atoms with Gasteiger partial charge < -0.3 is 20.1 Å². The van der Waals surface area contributed by atoms with Gasteiger partial charge in [0.25, 0.3) is 0 Å². The number of carbonyl (C=O) groups excluding carboxylic acids is 1. The third kappa shape index (κ3) is 6.99. The first-order valence-electron chi connectivity index (χ1n) is 7.39. The Morgan fingerprint density at radius 2 is 1.71 bits per heavy atom. The summed E-state index contributed by atoms with van der Waals surface area (Å²) in [5, 5.41) is 6.15. The third-order valence-corrected chi connectivity index (χ3v) is 3.10. The van der Waals surface area contributed by atoms with Crippen molar-refractivity contribution in [1.82, 2.24) is 10.6 Å². The Kier molecular flexibility index (Phi) is 8.28. The molecular weight excluding hydrogens is 268 g/mol. The maximum absolute atomic E-state index is 11.8. The van der Waals surface area contributed by atoms with Crippen LogP contribution in [-0.4, -0.2) is 39.8 Å². The van der Waals surface area contributed by atoms with Gasteiger partial charge in [0.1, 0.15) is 11.5 Å². The van der Waals surface area contributed by atoms with Crippen molar-refractivity contribution in [1.29, 1.82) is 0 Å². The topological polar surface area (TPSA) is 59.6 Å². The second-order valence-corrected chi connectivity index (χ2v) is 4.82. The first kappa shape index (κ1) is 17.3. The zero-order valence-electron chi connectivity index (χ0n) is 13.2. The molecule has 0 aliphatic heterocycles. The number of ether oxygens (including phenoxy) is 2. The number of methoxy groups -OCH3 is 2. The number of rotatable bonds is 10. The Hall–Kier alpha value is -1.75. The molecule has 0 aliphatic carbocycles. The lowest BCUT2D eigenvalue weighted by Gasteiger charge is -2.09. The first-order chi connectivity index (χ1) is 10.2. The fraction of sp³-hybridized carbons (Fsp3) is 0.562. The van der Waals surface area contributed by atoms with E-state index in [0.717, 1.165) is 36.6 Å². The van der Waals surface area contributed by atoms with E-state index in [1.54, 1.807) is 14.2 Å². The lowest BCUT2D eigenvalue weighted by Crippen LogP contribution is -2.32. The first-order valence-corrected chi connectivity index (χ1v) is 7.39. The highest BCUT2D eigenvalue weighted by Gasteiger charge is 2.05. The Morgan fingerprint density at radius 1 is 1.05 bits per heavy atom. The summed E-state index contributed by atoms with van der Waals surface area (Å²) in [7, 11) is 3.24. The van der Waals surface area contributed by atoms with Crippen LogP contribution in [-0.2, 0) is 11.2 Å². The fourth-order valence-corrected chi connectivity index (χ4v) is 1.95. The zero-order chi connectivity index (χ0) is 15.5. The summed E-state index contributed by atoms with van der Waals surface area (Å²) in [6.45, 7) is 4.58. The van der Waals surface area contributed by atoms with Gasteiger partial charge in [-0.15, -0.1) is 0 Å². The van der Waals surface area contributed by atoms with Crippen LogP contribution in [0.25, 0.3) is 0 Å². The van der Waals surface area contributed by atoms with E-state index in [9.17, 15) is 4.79 Å². The van der Waals surface area contributed by atoms with E-state index in [2.05, 4.69) is 17.6 Å². The maximum Gasteiger partial charge on any atom is 0.220 e. The molecule has 0 spiro atoms. The second kappa shape index (κ2) is 10.0. The lowest BCUT2D eigenvalue weighted by atomic mass is 10.1.